The SMILES string of the molecule is CNS(=O)(=O)c1ccc(CNC(=O)NC(C)c2cc(F)c(Cl)cc2Cl)cc1. The Morgan fingerprint density at radius 2 is 1.78 bits per heavy atom. The van der Waals surface area contributed by atoms with Crippen LogP contribution in [0.4, 0.5) is 9.18 Å². The van der Waals surface area contributed by atoms with Gasteiger partial charge in [-0.1, -0.05) is 35.3 Å². The van der Waals surface area contributed by atoms with Gasteiger partial charge in [0.05, 0.1) is 16.0 Å². The predicted molar refractivity (Wildman–Crippen MR) is 103 cm³/mol. The molecule has 2 aromatic carbocycles. The van der Waals surface area contributed by atoms with E-state index in [9.17, 15) is 17.6 Å². The second kappa shape index (κ2) is 8.88. The number of halogens is 3. The van der Waals surface area contributed by atoms with Crippen LogP contribution in [0.2, 0.25) is 10.0 Å². The molecule has 0 saturated carbocycles. The van der Waals surface area contributed by atoms with Crippen molar-refractivity contribution >= 4 is 39.3 Å². The largest absolute Gasteiger partial charge is 0.334 e. The molecule has 10 heteroatoms. The Morgan fingerprint density at radius 3 is 2.37 bits per heavy atom. The summed E-state index contributed by atoms with van der Waals surface area (Å²) in [6.45, 7) is 1.84. The number of hydrogen-bond acceptors (Lipinski definition) is 3. The monoisotopic (exact) mass is 433 g/mol. The van der Waals surface area contributed by atoms with E-state index in [1.165, 1.54) is 31.3 Å². The Bertz CT molecular complexity index is 937. The predicted octanol–water partition coefficient (Wildman–Crippen LogP) is 3.60. The molecule has 0 aliphatic rings. The van der Waals surface area contributed by atoms with E-state index in [4.69, 9.17) is 23.2 Å². The first kappa shape index (κ1) is 21.4. The van der Waals surface area contributed by atoms with Crippen LogP contribution in [0, 0.1) is 5.82 Å². The van der Waals surface area contributed by atoms with E-state index >= 15 is 0 Å². The number of sulfonamides is 1. The lowest BCUT2D eigenvalue weighted by Gasteiger charge is -2.17. The molecule has 1 atom stereocenters. The van der Waals surface area contributed by atoms with Gasteiger partial charge < -0.3 is 10.6 Å². The molecule has 0 heterocycles. The van der Waals surface area contributed by atoms with Gasteiger partial charge in [0.15, 0.2) is 0 Å². The Hall–Kier alpha value is -1.87. The Labute approximate surface area is 167 Å². The molecule has 2 aromatic rings. The molecule has 1 unspecified atom stereocenters. The molecule has 0 saturated heterocycles. The van der Waals surface area contributed by atoms with Crippen LogP contribution in [-0.2, 0) is 16.6 Å². The summed E-state index contributed by atoms with van der Waals surface area (Å²) in [5, 5.41) is 5.44. The van der Waals surface area contributed by atoms with Crippen molar-refractivity contribution in [2.45, 2.75) is 24.4 Å². The van der Waals surface area contributed by atoms with Gasteiger partial charge >= 0.3 is 6.03 Å². The van der Waals surface area contributed by atoms with E-state index in [-0.39, 0.29) is 21.5 Å². The summed E-state index contributed by atoms with van der Waals surface area (Å²) < 4.78 is 39.2. The van der Waals surface area contributed by atoms with Crippen molar-refractivity contribution in [1.29, 1.82) is 0 Å². The van der Waals surface area contributed by atoms with Gasteiger partial charge in [-0.3, -0.25) is 0 Å². The number of benzene rings is 2. The summed E-state index contributed by atoms with van der Waals surface area (Å²) in [4.78, 5) is 12.2. The number of carbonyl (C=O) groups excluding carboxylic acids is 1. The third-order valence-electron chi connectivity index (χ3n) is 3.81. The molecule has 0 aromatic heterocycles. The van der Waals surface area contributed by atoms with Crippen molar-refractivity contribution in [1.82, 2.24) is 15.4 Å². The van der Waals surface area contributed by atoms with Crippen molar-refractivity contribution in [2.24, 2.45) is 0 Å². The third kappa shape index (κ3) is 5.55. The highest BCUT2D eigenvalue weighted by molar-refractivity contribution is 7.89. The Balaban J connectivity index is 1.95. The van der Waals surface area contributed by atoms with E-state index in [1.54, 1.807) is 19.1 Å². The maximum absolute atomic E-state index is 13.6. The summed E-state index contributed by atoms with van der Waals surface area (Å²) in [5.41, 5.74) is 1.11. The van der Waals surface area contributed by atoms with Crippen molar-refractivity contribution in [3.8, 4) is 0 Å². The molecule has 2 rings (SSSR count). The zero-order valence-corrected chi connectivity index (χ0v) is 16.8. The van der Waals surface area contributed by atoms with Gasteiger partial charge in [-0.25, -0.2) is 22.3 Å². The Kier molecular flexibility index (Phi) is 7.05. The molecular weight excluding hydrogens is 416 g/mol. The maximum atomic E-state index is 13.6. The van der Waals surface area contributed by atoms with Gasteiger partial charge in [0.1, 0.15) is 5.82 Å². The average Bonchev–Trinajstić information content (AvgIpc) is 2.63. The van der Waals surface area contributed by atoms with Gasteiger partial charge in [-0.15, -0.1) is 0 Å². The molecule has 0 fully saturated rings. The first-order chi connectivity index (χ1) is 12.6. The molecule has 0 aliphatic carbocycles. The summed E-state index contributed by atoms with van der Waals surface area (Å²) in [6, 6.07) is 7.51. The van der Waals surface area contributed by atoms with Crippen molar-refractivity contribution in [3.05, 3.63) is 63.4 Å². The minimum Gasteiger partial charge on any atom is -0.334 e. The second-order valence-corrected chi connectivity index (χ2v) is 8.39. The lowest BCUT2D eigenvalue weighted by molar-refractivity contribution is 0.237. The number of nitrogens with one attached hydrogen (secondary N) is 3. The van der Waals surface area contributed by atoms with Crippen LogP contribution in [0.15, 0.2) is 41.3 Å². The fraction of sp³-hybridized carbons (Fsp3) is 0.235. The van der Waals surface area contributed by atoms with Gasteiger partial charge in [0.2, 0.25) is 10.0 Å². The third-order valence-corrected chi connectivity index (χ3v) is 5.86. The molecule has 0 radical (unpaired) electrons. The van der Waals surface area contributed by atoms with Crippen LogP contribution >= 0.6 is 23.2 Å². The summed E-state index contributed by atoms with van der Waals surface area (Å²) in [6.07, 6.45) is 0. The van der Waals surface area contributed by atoms with Gasteiger partial charge in [-0.05, 0) is 49.4 Å². The molecule has 0 spiro atoms. The normalized spacial score (nSPS) is 12.5. The number of amides is 2. The highest BCUT2D eigenvalue weighted by atomic mass is 35.5. The fourth-order valence-electron chi connectivity index (χ4n) is 2.28. The van der Waals surface area contributed by atoms with Crippen LogP contribution in [0.1, 0.15) is 24.1 Å². The summed E-state index contributed by atoms with van der Waals surface area (Å²) >= 11 is 11.7. The van der Waals surface area contributed by atoms with E-state index in [2.05, 4.69) is 15.4 Å². The van der Waals surface area contributed by atoms with Crippen molar-refractivity contribution in [3.63, 3.8) is 0 Å². The smallest absolute Gasteiger partial charge is 0.315 e. The van der Waals surface area contributed by atoms with Crippen LogP contribution < -0.4 is 15.4 Å². The maximum Gasteiger partial charge on any atom is 0.315 e. The zero-order chi connectivity index (χ0) is 20.2. The lowest BCUT2D eigenvalue weighted by atomic mass is 10.1. The summed E-state index contributed by atoms with van der Waals surface area (Å²) in [7, 11) is -2.18. The second-order valence-electron chi connectivity index (χ2n) is 5.69. The average molecular weight is 434 g/mol. The topological polar surface area (TPSA) is 87.3 Å². The van der Waals surface area contributed by atoms with Crippen LogP contribution in [-0.4, -0.2) is 21.5 Å². The van der Waals surface area contributed by atoms with Gasteiger partial charge in [-0.2, -0.15) is 0 Å². The minimum atomic E-state index is -3.51. The van der Waals surface area contributed by atoms with Crippen LogP contribution in [0.25, 0.3) is 0 Å². The standard InChI is InChI=1S/C17H18Cl2FN3O3S/c1-10(13-7-16(20)15(19)8-14(13)18)23-17(24)22-9-11-3-5-12(6-4-11)27(25,26)21-2/h3-8,10,21H,9H2,1-2H3,(H2,22,23,24). The molecule has 6 nitrogen and oxygen atoms in total. The van der Waals surface area contributed by atoms with E-state index in [0.717, 1.165) is 0 Å². The zero-order valence-electron chi connectivity index (χ0n) is 14.5. The number of hydrogen-bond donors (Lipinski definition) is 3. The highest BCUT2D eigenvalue weighted by Crippen LogP contribution is 2.28. The molecule has 146 valence electrons. The van der Waals surface area contributed by atoms with E-state index in [1.807, 2.05) is 0 Å². The Morgan fingerprint density at radius 1 is 1.15 bits per heavy atom. The number of carbonyl (C=O) groups is 1. The molecular formula is C17H18Cl2FN3O3S. The quantitative estimate of drug-likeness (QED) is 0.608. The van der Waals surface area contributed by atoms with Crippen molar-refractivity contribution in [2.75, 3.05) is 7.05 Å². The number of rotatable bonds is 6. The van der Waals surface area contributed by atoms with E-state index in [0.29, 0.717) is 11.1 Å². The fourth-order valence-corrected chi connectivity index (χ4v) is 3.56. The molecule has 2 amide bonds. The minimum absolute atomic E-state index is 0.0934. The first-order valence-corrected chi connectivity index (χ1v) is 10.1. The van der Waals surface area contributed by atoms with Crippen LogP contribution in [0.5, 0.6) is 0 Å². The molecule has 3 N–H and O–H groups in total. The lowest BCUT2D eigenvalue weighted by Crippen LogP contribution is -2.36. The van der Waals surface area contributed by atoms with Gasteiger partial charge in [0.25, 0.3) is 0 Å². The number of urea groups is 1. The highest BCUT2D eigenvalue weighted by Gasteiger charge is 2.16. The van der Waals surface area contributed by atoms with Crippen molar-refractivity contribution < 1.29 is 17.6 Å². The molecule has 0 aliphatic heterocycles. The van der Waals surface area contributed by atoms with E-state index < -0.39 is 27.9 Å². The molecule has 27 heavy (non-hydrogen) atoms. The summed E-state index contributed by atoms with van der Waals surface area (Å²) in [5.74, 6) is -0.623. The van der Waals surface area contributed by atoms with Crippen LogP contribution in [0.3, 0.4) is 0 Å². The first-order valence-electron chi connectivity index (χ1n) is 7.85. The van der Waals surface area contributed by atoms with Gasteiger partial charge in [0, 0.05) is 11.6 Å². The molecule has 0 bridgehead atoms.